The molecule has 2 aromatic carbocycles. The van der Waals surface area contributed by atoms with Gasteiger partial charge in [0.05, 0.1) is 24.7 Å². The maximum absolute atomic E-state index is 13.0. The molecular formula is C22H25F3N7O4S2. The van der Waals surface area contributed by atoms with Gasteiger partial charge in [-0.15, -0.1) is 0 Å². The van der Waals surface area contributed by atoms with Crippen molar-refractivity contribution in [2.24, 2.45) is 0 Å². The number of halogens is 3. The number of hydrogen-bond acceptors (Lipinski definition) is 8. The number of alkyl halides is 3. The highest BCUT2D eigenvalue weighted by Gasteiger charge is 2.47. The maximum Gasteiger partial charge on any atom is 0.511 e. The average Bonchev–Trinajstić information content (AvgIpc) is 3.23. The third-order valence-corrected chi connectivity index (χ3v) is 6.84. The molecule has 11 nitrogen and oxygen atoms in total. The minimum absolute atomic E-state index is 0.158. The van der Waals surface area contributed by atoms with Gasteiger partial charge in [-0.05, 0) is 55.4 Å². The summed E-state index contributed by atoms with van der Waals surface area (Å²) in [5, 5.41) is 22.5. The number of nitrogens with zero attached hydrogens (tertiary/aromatic N) is 4. The summed E-state index contributed by atoms with van der Waals surface area (Å²) in [6.07, 6.45) is -0.898. The van der Waals surface area contributed by atoms with Gasteiger partial charge in [-0.1, -0.05) is 34.6 Å². The van der Waals surface area contributed by atoms with E-state index in [0.29, 0.717) is 17.1 Å². The highest BCUT2D eigenvalue weighted by molar-refractivity contribution is 7.90. The summed E-state index contributed by atoms with van der Waals surface area (Å²) in [7, 11) is -5.79. The zero-order chi connectivity index (χ0) is 28.1. The molecule has 0 saturated carbocycles. The summed E-state index contributed by atoms with van der Waals surface area (Å²) in [4.78, 5) is 12.9. The predicted molar refractivity (Wildman–Crippen MR) is 137 cm³/mol. The van der Waals surface area contributed by atoms with E-state index in [4.69, 9.17) is 12.2 Å². The van der Waals surface area contributed by atoms with Crippen LogP contribution in [-0.2, 0) is 14.8 Å². The second-order valence-corrected chi connectivity index (χ2v) is 10.3. The van der Waals surface area contributed by atoms with Crippen molar-refractivity contribution in [2.75, 3.05) is 23.3 Å². The summed E-state index contributed by atoms with van der Waals surface area (Å²) in [5.41, 5.74) is -2.12. The smallest absolute Gasteiger partial charge is 0.481 e. The van der Waals surface area contributed by atoms with Crippen molar-refractivity contribution in [3.05, 3.63) is 64.9 Å². The van der Waals surface area contributed by atoms with Crippen molar-refractivity contribution >= 4 is 39.6 Å². The fraction of sp³-hybridized carbons (Fsp3) is 0.318. The Bertz CT molecular complexity index is 1420. The molecule has 0 spiro atoms. The molecule has 1 radical (unpaired) electrons. The molecule has 1 aromatic heterocycles. The third kappa shape index (κ3) is 7.29. The first-order chi connectivity index (χ1) is 17.8. The fourth-order valence-electron chi connectivity index (χ4n) is 3.76. The van der Waals surface area contributed by atoms with Gasteiger partial charge in [0.1, 0.15) is 0 Å². The Hall–Kier alpha value is -3.50. The molecule has 0 aliphatic heterocycles. The number of carboxylic acids is 1. The normalized spacial score (nSPS) is 12.8. The number of carbonyl (C=O) groups is 1. The van der Waals surface area contributed by atoms with E-state index in [1.165, 1.54) is 9.40 Å². The summed E-state index contributed by atoms with van der Waals surface area (Å²) >= 11 is 5.11. The van der Waals surface area contributed by atoms with Crippen molar-refractivity contribution in [2.45, 2.75) is 31.8 Å². The lowest BCUT2D eigenvalue weighted by Gasteiger charge is -2.31. The molecule has 1 heterocycles. The molecular weight excluding hydrogens is 547 g/mol. The van der Waals surface area contributed by atoms with E-state index in [-0.39, 0.29) is 17.9 Å². The standard InChI is InChI=1S/C22H25F3N7O4S2/c1-14-5-3-6-15(2)20(14)31(13-17(12-19(33)34)28-38(35,36)22(23,24)25)10-9-26-16-7-4-8-18(11-16)32-21(37)27-29-30-32/h3-8,11,13,17,26,28H,9-10,12H2,1-2H3,(H,33,34)(H,27,30,37). The Morgan fingerprint density at radius 2 is 1.89 bits per heavy atom. The maximum atomic E-state index is 13.0. The zero-order valence-corrected chi connectivity index (χ0v) is 21.9. The van der Waals surface area contributed by atoms with E-state index >= 15 is 0 Å². The van der Waals surface area contributed by atoms with Crippen molar-refractivity contribution in [3.63, 3.8) is 0 Å². The molecule has 38 heavy (non-hydrogen) atoms. The third-order valence-electron chi connectivity index (χ3n) is 5.35. The van der Waals surface area contributed by atoms with E-state index in [0.717, 1.165) is 17.7 Å². The van der Waals surface area contributed by atoms with E-state index in [1.54, 1.807) is 61.2 Å². The van der Waals surface area contributed by atoms with Crippen LogP contribution < -0.4 is 14.9 Å². The van der Waals surface area contributed by atoms with E-state index < -0.39 is 34.0 Å². The molecule has 3 rings (SSSR count). The number of carboxylic acid groups (broad SMARTS) is 1. The summed E-state index contributed by atoms with van der Waals surface area (Å²) in [6, 6.07) is 10.8. The van der Waals surface area contributed by atoms with Crippen LogP contribution >= 0.6 is 12.2 Å². The number of aromatic nitrogens is 4. The van der Waals surface area contributed by atoms with Gasteiger partial charge in [0, 0.05) is 24.5 Å². The molecule has 1 atom stereocenters. The van der Waals surface area contributed by atoms with Crippen molar-refractivity contribution < 1.29 is 31.5 Å². The first-order valence-electron chi connectivity index (χ1n) is 11.1. The largest absolute Gasteiger partial charge is 0.511 e. The Morgan fingerprint density at radius 1 is 1.24 bits per heavy atom. The number of aromatic amines is 1. The van der Waals surface area contributed by atoms with Gasteiger partial charge < -0.3 is 15.3 Å². The fourth-order valence-corrected chi connectivity index (χ4v) is 4.62. The average molecular weight is 573 g/mol. The van der Waals surface area contributed by atoms with Crippen LogP contribution in [0, 0.1) is 25.2 Å². The van der Waals surface area contributed by atoms with Crippen LogP contribution in [0.5, 0.6) is 0 Å². The molecule has 1 unspecified atom stereocenters. The minimum atomic E-state index is -5.79. The van der Waals surface area contributed by atoms with Gasteiger partial charge in [0.2, 0.25) is 4.77 Å². The number of nitrogens with one attached hydrogen (secondary N) is 3. The number of benzene rings is 2. The van der Waals surface area contributed by atoms with Crippen LogP contribution in [0.15, 0.2) is 42.5 Å². The highest BCUT2D eigenvalue weighted by Crippen LogP contribution is 2.28. The monoisotopic (exact) mass is 572 g/mol. The molecule has 0 fully saturated rings. The summed E-state index contributed by atoms with van der Waals surface area (Å²) < 4.78 is 65.7. The number of tetrazole rings is 1. The van der Waals surface area contributed by atoms with E-state index in [1.807, 2.05) is 0 Å². The molecule has 0 saturated heterocycles. The summed E-state index contributed by atoms with van der Waals surface area (Å²) in [5.74, 6) is -1.47. The van der Waals surface area contributed by atoms with Crippen LogP contribution in [0.1, 0.15) is 17.5 Å². The molecule has 0 aliphatic carbocycles. The van der Waals surface area contributed by atoms with Crippen LogP contribution in [0.3, 0.4) is 0 Å². The second kappa shape index (κ2) is 11.9. The topological polar surface area (TPSA) is 145 Å². The first kappa shape index (κ1) is 29.1. The molecule has 0 amide bonds. The Balaban J connectivity index is 1.84. The Morgan fingerprint density at radius 3 is 2.47 bits per heavy atom. The highest BCUT2D eigenvalue weighted by atomic mass is 32.2. The number of para-hydroxylation sites is 1. The molecule has 205 valence electrons. The predicted octanol–water partition coefficient (Wildman–Crippen LogP) is 3.30. The van der Waals surface area contributed by atoms with Gasteiger partial charge in [-0.25, -0.2) is 17.8 Å². The van der Waals surface area contributed by atoms with E-state index in [2.05, 4.69) is 20.8 Å². The SMILES string of the molecule is Cc1cccc(C)c1N([CH]C(CC(=O)O)NS(=O)(=O)C(F)(F)F)CCNc1cccc(-n2[nH]nnc2=S)c1. The first-order valence-corrected chi connectivity index (χ1v) is 13.0. The number of aliphatic carboxylic acids is 1. The quantitative estimate of drug-likeness (QED) is 0.240. The van der Waals surface area contributed by atoms with Crippen molar-refractivity contribution in [1.82, 2.24) is 24.9 Å². The molecule has 0 bridgehead atoms. The lowest BCUT2D eigenvalue weighted by Crippen LogP contribution is -2.47. The number of sulfonamides is 1. The molecule has 0 aliphatic rings. The lowest BCUT2D eigenvalue weighted by molar-refractivity contribution is -0.137. The van der Waals surface area contributed by atoms with Crippen LogP contribution in [0.4, 0.5) is 24.5 Å². The van der Waals surface area contributed by atoms with Gasteiger partial charge in [0.15, 0.2) is 0 Å². The number of aryl methyl sites for hydroxylation is 2. The van der Waals surface area contributed by atoms with E-state index in [9.17, 15) is 31.5 Å². The van der Waals surface area contributed by atoms with Crippen molar-refractivity contribution in [3.8, 4) is 5.69 Å². The van der Waals surface area contributed by atoms with Crippen LogP contribution in [0.25, 0.3) is 5.69 Å². The molecule has 16 heteroatoms. The number of hydrogen-bond donors (Lipinski definition) is 4. The van der Waals surface area contributed by atoms with Gasteiger partial charge >= 0.3 is 21.5 Å². The number of H-pyrrole nitrogens is 1. The van der Waals surface area contributed by atoms with Crippen LogP contribution in [0.2, 0.25) is 0 Å². The Labute approximate surface area is 221 Å². The lowest BCUT2D eigenvalue weighted by atomic mass is 10.1. The zero-order valence-electron chi connectivity index (χ0n) is 20.2. The molecule has 3 aromatic rings. The second-order valence-electron chi connectivity index (χ2n) is 8.25. The van der Waals surface area contributed by atoms with Crippen LogP contribution in [-0.4, -0.2) is 64.3 Å². The number of rotatable bonds is 12. The van der Waals surface area contributed by atoms with Gasteiger partial charge in [-0.2, -0.15) is 18.4 Å². The number of anilines is 2. The molecule has 4 N–H and O–H groups in total. The minimum Gasteiger partial charge on any atom is -0.481 e. The van der Waals surface area contributed by atoms with Gasteiger partial charge in [-0.3, -0.25) is 4.79 Å². The van der Waals surface area contributed by atoms with Crippen molar-refractivity contribution in [1.29, 1.82) is 0 Å². The Kier molecular flexibility index (Phi) is 9.11. The van der Waals surface area contributed by atoms with Gasteiger partial charge in [0.25, 0.3) is 0 Å². The summed E-state index contributed by atoms with van der Waals surface area (Å²) in [6.45, 7) is 5.14.